The van der Waals surface area contributed by atoms with Crippen LogP contribution in [0.1, 0.15) is 29.4 Å². The summed E-state index contributed by atoms with van der Waals surface area (Å²) in [6.45, 7) is 4.40. The first-order valence-corrected chi connectivity index (χ1v) is 11.8. The molecule has 6 rings (SSSR count). The molecule has 1 aromatic carbocycles. The van der Waals surface area contributed by atoms with E-state index in [4.69, 9.17) is 10.8 Å². The number of pyridine rings is 1. The van der Waals surface area contributed by atoms with E-state index in [0.717, 1.165) is 24.9 Å². The average Bonchev–Trinajstić information content (AvgIpc) is 3.62. The Morgan fingerprint density at radius 2 is 1.86 bits per heavy atom. The summed E-state index contributed by atoms with van der Waals surface area (Å²) in [5, 5.41) is 8.48. The van der Waals surface area contributed by atoms with Crippen molar-refractivity contribution < 1.29 is 9.59 Å². The highest BCUT2D eigenvalue weighted by Crippen LogP contribution is 2.46. The van der Waals surface area contributed by atoms with Crippen molar-refractivity contribution >= 4 is 34.4 Å². The Morgan fingerprint density at radius 1 is 1.06 bits per heavy atom. The number of piperidine rings is 1. The van der Waals surface area contributed by atoms with Gasteiger partial charge in [-0.15, -0.1) is 0 Å². The van der Waals surface area contributed by atoms with E-state index in [1.165, 1.54) is 12.4 Å². The van der Waals surface area contributed by atoms with Crippen LogP contribution in [0.25, 0.3) is 22.3 Å². The number of nitrogen functional groups attached to an aromatic ring is 1. The van der Waals surface area contributed by atoms with Gasteiger partial charge in [0.05, 0.1) is 17.5 Å². The Balaban J connectivity index is 1.34. The first-order valence-electron chi connectivity index (χ1n) is 11.8. The highest BCUT2D eigenvalue weighted by atomic mass is 16.2. The van der Waals surface area contributed by atoms with Gasteiger partial charge >= 0.3 is 0 Å². The monoisotopic (exact) mass is 480 g/mol. The van der Waals surface area contributed by atoms with Crippen molar-refractivity contribution in [3.63, 3.8) is 0 Å². The highest BCUT2D eigenvalue weighted by Gasteiger charge is 2.48. The van der Waals surface area contributed by atoms with Crippen molar-refractivity contribution in [3.05, 3.63) is 73.3 Å². The zero-order valence-corrected chi connectivity index (χ0v) is 19.4. The largest absolute Gasteiger partial charge is 0.383 e. The molecule has 1 aliphatic carbocycles. The van der Waals surface area contributed by atoms with E-state index < -0.39 is 0 Å². The Morgan fingerprint density at radius 3 is 2.58 bits per heavy atom. The van der Waals surface area contributed by atoms with E-state index in [9.17, 15) is 9.59 Å². The van der Waals surface area contributed by atoms with Gasteiger partial charge < -0.3 is 16.0 Å². The van der Waals surface area contributed by atoms with Crippen LogP contribution in [-0.2, 0) is 4.79 Å². The molecular formula is C26H24N8O2. The lowest BCUT2D eigenvalue weighted by atomic mass is 10.1. The normalized spacial score (nSPS) is 20.6. The number of aromatic nitrogens is 5. The number of nitrogens with two attached hydrogens (primary N) is 1. The van der Waals surface area contributed by atoms with Crippen molar-refractivity contribution in [2.24, 2.45) is 5.92 Å². The Labute approximate surface area is 206 Å². The standard InChI is InChI=1S/C26H24N8O2/c1-2-21(35)33-13-15-11-19(33)20(12-15)34-25-22(24(27)29-14-30-25)23(32-34)16-6-8-17(9-7-16)31-26(36)18-5-3-4-10-28-18/h2-10,14-15,19-20H,1,11-13H2,(H,31,36)(H2,27,29,30). The van der Waals surface area contributed by atoms with Crippen LogP contribution < -0.4 is 11.1 Å². The quantitative estimate of drug-likeness (QED) is 0.420. The maximum absolute atomic E-state index is 12.4. The maximum atomic E-state index is 12.4. The number of carbonyl (C=O) groups excluding carboxylic acids is 2. The number of benzene rings is 1. The van der Waals surface area contributed by atoms with Crippen LogP contribution in [0.3, 0.4) is 0 Å². The lowest BCUT2D eigenvalue weighted by Crippen LogP contribution is -2.42. The molecule has 1 saturated carbocycles. The summed E-state index contributed by atoms with van der Waals surface area (Å²) in [6.07, 6.45) is 6.25. The average molecular weight is 481 g/mol. The summed E-state index contributed by atoms with van der Waals surface area (Å²) in [5.41, 5.74) is 9.39. The van der Waals surface area contributed by atoms with Crippen molar-refractivity contribution in [3.8, 4) is 11.3 Å². The summed E-state index contributed by atoms with van der Waals surface area (Å²) in [5.74, 6) is 0.427. The third-order valence-electron chi connectivity index (χ3n) is 7.05. The number of rotatable bonds is 5. The second-order valence-electron chi connectivity index (χ2n) is 9.16. The first kappa shape index (κ1) is 21.9. The van der Waals surface area contributed by atoms with Crippen LogP contribution in [0, 0.1) is 5.92 Å². The van der Waals surface area contributed by atoms with Crippen LogP contribution in [0.15, 0.2) is 67.6 Å². The maximum Gasteiger partial charge on any atom is 0.274 e. The third-order valence-corrected chi connectivity index (χ3v) is 7.05. The molecule has 0 spiro atoms. The zero-order valence-electron chi connectivity index (χ0n) is 19.4. The van der Waals surface area contributed by atoms with E-state index in [-0.39, 0.29) is 23.9 Å². The minimum atomic E-state index is -0.286. The molecule has 3 unspecified atom stereocenters. The molecular weight excluding hydrogens is 456 g/mol. The Hall–Kier alpha value is -4.60. The van der Waals surface area contributed by atoms with Gasteiger partial charge in [-0.25, -0.2) is 14.6 Å². The number of anilines is 2. The molecule has 3 aromatic heterocycles. The van der Waals surface area contributed by atoms with Gasteiger partial charge in [0, 0.05) is 24.0 Å². The number of nitrogens with zero attached hydrogens (tertiary/aromatic N) is 6. The number of nitrogens with one attached hydrogen (secondary N) is 1. The zero-order chi connectivity index (χ0) is 24.8. The van der Waals surface area contributed by atoms with Gasteiger partial charge in [-0.2, -0.15) is 5.10 Å². The molecule has 10 nitrogen and oxygen atoms in total. The third kappa shape index (κ3) is 3.58. The van der Waals surface area contributed by atoms with Gasteiger partial charge in [0.2, 0.25) is 5.91 Å². The molecule has 2 aliphatic rings. The van der Waals surface area contributed by atoms with Gasteiger partial charge in [0.25, 0.3) is 5.91 Å². The number of amides is 2. The summed E-state index contributed by atoms with van der Waals surface area (Å²) >= 11 is 0. The molecule has 2 bridgehead atoms. The fourth-order valence-electron chi connectivity index (χ4n) is 5.46. The lowest BCUT2D eigenvalue weighted by molar-refractivity contribution is -0.128. The van der Waals surface area contributed by atoms with Gasteiger partial charge in [-0.05, 0) is 49.1 Å². The van der Waals surface area contributed by atoms with E-state index in [0.29, 0.717) is 39.8 Å². The molecule has 0 radical (unpaired) electrons. The first-order chi connectivity index (χ1) is 17.5. The number of hydrogen-bond acceptors (Lipinski definition) is 7. The van der Waals surface area contributed by atoms with E-state index in [1.807, 2.05) is 33.8 Å². The SMILES string of the molecule is C=CC(=O)N1CC2CC1C(n1nc(-c3ccc(NC(=O)c4ccccn4)cc3)c3c(N)ncnc31)C2. The van der Waals surface area contributed by atoms with E-state index in [2.05, 4.69) is 26.8 Å². The van der Waals surface area contributed by atoms with Gasteiger partial charge in [0.15, 0.2) is 5.65 Å². The van der Waals surface area contributed by atoms with E-state index >= 15 is 0 Å². The molecule has 36 heavy (non-hydrogen) atoms. The second-order valence-corrected chi connectivity index (χ2v) is 9.16. The number of fused-ring (bicyclic) bond motifs is 3. The van der Waals surface area contributed by atoms with Crippen LogP contribution in [-0.4, -0.2) is 54.0 Å². The smallest absolute Gasteiger partial charge is 0.274 e. The van der Waals surface area contributed by atoms with E-state index in [1.54, 1.807) is 24.4 Å². The van der Waals surface area contributed by atoms with Crippen molar-refractivity contribution in [1.29, 1.82) is 0 Å². The Kier molecular flexibility index (Phi) is 5.21. The lowest BCUT2D eigenvalue weighted by Gasteiger charge is -2.32. The number of likely N-dealkylation sites (tertiary alicyclic amines) is 1. The molecule has 180 valence electrons. The molecule has 10 heteroatoms. The number of hydrogen-bond donors (Lipinski definition) is 2. The summed E-state index contributed by atoms with van der Waals surface area (Å²) in [7, 11) is 0. The Bertz CT molecular complexity index is 1480. The molecule has 1 saturated heterocycles. The molecule has 2 amide bonds. The number of carbonyl (C=O) groups is 2. The van der Waals surface area contributed by atoms with Crippen LogP contribution >= 0.6 is 0 Å². The van der Waals surface area contributed by atoms with Gasteiger partial charge in [-0.1, -0.05) is 24.8 Å². The highest BCUT2D eigenvalue weighted by molar-refractivity contribution is 6.03. The summed E-state index contributed by atoms with van der Waals surface area (Å²) in [6, 6.07) is 12.6. The van der Waals surface area contributed by atoms with Crippen LogP contribution in [0.5, 0.6) is 0 Å². The predicted octanol–water partition coefficient (Wildman–Crippen LogP) is 3.07. The molecule has 1 aliphatic heterocycles. The van der Waals surface area contributed by atoms with Crippen LogP contribution in [0.2, 0.25) is 0 Å². The van der Waals surface area contributed by atoms with Gasteiger partial charge in [-0.3, -0.25) is 14.6 Å². The molecule has 4 heterocycles. The topological polar surface area (TPSA) is 132 Å². The second kappa shape index (κ2) is 8.56. The summed E-state index contributed by atoms with van der Waals surface area (Å²) < 4.78 is 1.91. The molecule has 2 fully saturated rings. The van der Waals surface area contributed by atoms with Crippen molar-refractivity contribution in [2.75, 3.05) is 17.6 Å². The van der Waals surface area contributed by atoms with Crippen LogP contribution in [0.4, 0.5) is 11.5 Å². The molecule has 4 aromatic rings. The fraction of sp³-hybridized carbons (Fsp3) is 0.231. The minimum absolute atomic E-state index is 0.00451. The van der Waals surface area contributed by atoms with Gasteiger partial charge in [0.1, 0.15) is 23.5 Å². The predicted molar refractivity (Wildman–Crippen MR) is 135 cm³/mol. The molecule has 3 atom stereocenters. The van der Waals surface area contributed by atoms with Crippen molar-refractivity contribution in [1.82, 2.24) is 29.6 Å². The minimum Gasteiger partial charge on any atom is -0.383 e. The molecule has 3 N–H and O–H groups in total. The fourth-order valence-corrected chi connectivity index (χ4v) is 5.46. The summed E-state index contributed by atoms with van der Waals surface area (Å²) in [4.78, 5) is 39.6. The van der Waals surface area contributed by atoms with Crippen molar-refractivity contribution in [2.45, 2.75) is 24.9 Å².